The van der Waals surface area contributed by atoms with Gasteiger partial charge in [-0.2, -0.15) is 0 Å². The highest BCUT2D eigenvalue weighted by Gasteiger charge is 2.56. The van der Waals surface area contributed by atoms with Gasteiger partial charge < -0.3 is 14.9 Å². The lowest BCUT2D eigenvalue weighted by atomic mass is 9.66. The molecule has 1 aliphatic carbocycles. The van der Waals surface area contributed by atoms with Crippen molar-refractivity contribution < 1.29 is 29.3 Å². The zero-order chi connectivity index (χ0) is 14.3. The highest BCUT2D eigenvalue weighted by molar-refractivity contribution is 5.84. The Labute approximate surface area is 109 Å². The molecular weight excluding hydrogens is 254 g/mol. The number of rotatable bonds is 2. The highest BCUT2D eigenvalue weighted by atomic mass is 16.5. The van der Waals surface area contributed by atoms with Gasteiger partial charge in [-0.05, 0) is 6.92 Å². The van der Waals surface area contributed by atoms with Gasteiger partial charge in [-0.15, -0.1) is 0 Å². The Bertz CT molecular complexity index is 459. The predicted octanol–water partition coefficient (Wildman–Crippen LogP) is 0.413. The first kappa shape index (κ1) is 13.4. The molecule has 3 rings (SSSR count). The molecule has 5 atom stereocenters. The van der Waals surface area contributed by atoms with Crippen molar-refractivity contribution in [2.24, 2.45) is 17.8 Å². The standard InChI is InChI=1S/C12H15NO6/c1-5-6-3-4-7(13(5)12(18)19-2)9(11(16)17)8(6)10(14)15/h3-9H,1-2H3,(H,14,15)(H,16,17)/t5-,6-,7-,8-,9+/m1/s1. The first-order valence-electron chi connectivity index (χ1n) is 5.90. The highest BCUT2D eigenvalue weighted by Crippen LogP contribution is 2.43. The van der Waals surface area contributed by atoms with E-state index in [0.717, 1.165) is 0 Å². The van der Waals surface area contributed by atoms with Gasteiger partial charge in [0, 0.05) is 12.0 Å². The summed E-state index contributed by atoms with van der Waals surface area (Å²) in [7, 11) is 1.21. The van der Waals surface area contributed by atoms with Crippen LogP contribution in [0.15, 0.2) is 12.2 Å². The van der Waals surface area contributed by atoms with Gasteiger partial charge in [-0.25, -0.2) is 4.79 Å². The van der Waals surface area contributed by atoms with Crippen molar-refractivity contribution in [1.82, 2.24) is 4.90 Å². The van der Waals surface area contributed by atoms with Crippen LogP contribution in [0.4, 0.5) is 4.79 Å². The number of carbonyl (C=O) groups excluding carboxylic acids is 1. The minimum absolute atomic E-state index is 0.404. The summed E-state index contributed by atoms with van der Waals surface area (Å²) in [5, 5.41) is 18.5. The number of carboxylic acid groups (broad SMARTS) is 2. The van der Waals surface area contributed by atoms with Gasteiger partial charge in [0.2, 0.25) is 0 Å². The third-order valence-corrected chi connectivity index (χ3v) is 3.97. The van der Waals surface area contributed by atoms with Gasteiger partial charge in [0.1, 0.15) is 0 Å². The second-order valence-electron chi connectivity index (χ2n) is 4.80. The molecule has 2 aliphatic heterocycles. The molecule has 0 saturated carbocycles. The Morgan fingerprint density at radius 2 is 1.68 bits per heavy atom. The second-order valence-corrected chi connectivity index (χ2v) is 4.80. The minimum atomic E-state index is -1.22. The lowest BCUT2D eigenvalue weighted by Crippen LogP contribution is -2.64. The van der Waals surface area contributed by atoms with Crippen LogP contribution in [0.25, 0.3) is 0 Å². The van der Waals surface area contributed by atoms with Crippen molar-refractivity contribution in [2.75, 3.05) is 7.11 Å². The lowest BCUT2D eigenvalue weighted by Gasteiger charge is -2.51. The van der Waals surface area contributed by atoms with Crippen LogP contribution in [0.2, 0.25) is 0 Å². The molecule has 2 bridgehead atoms. The molecule has 0 radical (unpaired) electrons. The third kappa shape index (κ3) is 1.85. The van der Waals surface area contributed by atoms with Gasteiger partial charge in [0.25, 0.3) is 0 Å². The fourth-order valence-electron chi connectivity index (χ4n) is 3.13. The number of hydrogen-bond acceptors (Lipinski definition) is 4. The molecule has 104 valence electrons. The molecule has 7 heteroatoms. The van der Waals surface area contributed by atoms with Crippen LogP contribution in [0.5, 0.6) is 0 Å². The quantitative estimate of drug-likeness (QED) is 0.704. The Kier molecular flexibility index (Phi) is 3.21. The first-order chi connectivity index (χ1) is 8.90. The predicted molar refractivity (Wildman–Crippen MR) is 62.4 cm³/mol. The van der Waals surface area contributed by atoms with E-state index in [0.29, 0.717) is 0 Å². The number of methoxy groups -OCH3 is 1. The summed E-state index contributed by atoms with van der Waals surface area (Å²) in [5.41, 5.74) is 0. The Morgan fingerprint density at radius 1 is 1.11 bits per heavy atom. The van der Waals surface area contributed by atoms with Crippen molar-refractivity contribution in [3.63, 3.8) is 0 Å². The largest absolute Gasteiger partial charge is 0.481 e. The van der Waals surface area contributed by atoms with Crippen molar-refractivity contribution in [2.45, 2.75) is 19.0 Å². The lowest BCUT2D eigenvalue weighted by molar-refractivity contribution is -0.164. The van der Waals surface area contributed by atoms with E-state index < -0.39 is 47.9 Å². The maximum absolute atomic E-state index is 11.7. The smallest absolute Gasteiger partial charge is 0.410 e. The summed E-state index contributed by atoms with van der Waals surface area (Å²) in [6.07, 6.45) is 2.63. The minimum Gasteiger partial charge on any atom is -0.481 e. The van der Waals surface area contributed by atoms with E-state index in [1.165, 1.54) is 12.0 Å². The number of ether oxygens (including phenoxy) is 1. The summed E-state index contributed by atoms with van der Waals surface area (Å²) < 4.78 is 4.65. The van der Waals surface area contributed by atoms with Crippen LogP contribution < -0.4 is 0 Å². The molecule has 0 aromatic rings. The third-order valence-electron chi connectivity index (χ3n) is 3.97. The van der Waals surface area contributed by atoms with Crippen molar-refractivity contribution >= 4 is 18.0 Å². The maximum atomic E-state index is 11.7. The SMILES string of the molecule is COC(=O)N1[C@H](C)[C@H]2C=C[C@@H]1[C@H](C(=O)O)[C@@H]2C(=O)O. The van der Waals surface area contributed by atoms with E-state index in [2.05, 4.69) is 4.74 Å². The monoisotopic (exact) mass is 269 g/mol. The molecule has 1 fully saturated rings. The molecule has 2 N–H and O–H groups in total. The van der Waals surface area contributed by atoms with Crippen LogP contribution in [-0.4, -0.2) is 52.3 Å². The average molecular weight is 269 g/mol. The van der Waals surface area contributed by atoms with Crippen molar-refractivity contribution in [1.29, 1.82) is 0 Å². The van der Waals surface area contributed by atoms with E-state index >= 15 is 0 Å². The molecule has 3 aliphatic rings. The molecule has 1 amide bonds. The average Bonchev–Trinajstić information content (AvgIpc) is 2.37. The first-order valence-corrected chi connectivity index (χ1v) is 5.90. The molecule has 0 aromatic heterocycles. The molecule has 0 unspecified atom stereocenters. The van der Waals surface area contributed by atoms with Crippen LogP contribution >= 0.6 is 0 Å². The van der Waals surface area contributed by atoms with Crippen LogP contribution in [0, 0.1) is 17.8 Å². The van der Waals surface area contributed by atoms with Crippen LogP contribution in [-0.2, 0) is 14.3 Å². The van der Waals surface area contributed by atoms with Gasteiger partial charge in [0.05, 0.1) is 25.0 Å². The zero-order valence-corrected chi connectivity index (χ0v) is 10.5. The molecular formula is C12H15NO6. The number of carboxylic acids is 2. The number of carbonyl (C=O) groups is 3. The number of amides is 1. The summed E-state index contributed by atoms with van der Waals surface area (Å²) in [4.78, 5) is 35.7. The number of piperidine rings is 1. The van der Waals surface area contributed by atoms with E-state index in [1.54, 1.807) is 19.1 Å². The number of nitrogens with zero attached hydrogens (tertiary/aromatic N) is 1. The van der Waals surface area contributed by atoms with Gasteiger partial charge >= 0.3 is 18.0 Å². The summed E-state index contributed by atoms with van der Waals surface area (Å²) in [6, 6.07) is -1.19. The van der Waals surface area contributed by atoms with Crippen LogP contribution in [0.3, 0.4) is 0 Å². The summed E-state index contributed by atoms with van der Waals surface area (Å²) in [5.74, 6) is -5.07. The maximum Gasteiger partial charge on any atom is 0.410 e. The van der Waals surface area contributed by atoms with Gasteiger partial charge in [-0.1, -0.05) is 12.2 Å². The van der Waals surface area contributed by atoms with Crippen molar-refractivity contribution in [3.8, 4) is 0 Å². The second kappa shape index (κ2) is 4.56. The van der Waals surface area contributed by atoms with Gasteiger partial charge in [0.15, 0.2) is 0 Å². The Balaban J connectivity index is 2.45. The van der Waals surface area contributed by atoms with E-state index in [9.17, 15) is 24.6 Å². The number of fused-ring (bicyclic) bond motifs is 2. The topological polar surface area (TPSA) is 104 Å². The molecule has 0 spiro atoms. The van der Waals surface area contributed by atoms with Gasteiger partial charge in [-0.3, -0.25) is 14.5 Å². The normalized spacial score (nSPS) is 36.1. The molecule has 1 saturated heterocycles. The van der Waals surface area contributed by atoms with Crippen LogP contribution in [0.1, 0.15) is 6.92 Å². The van der Waals surface area contributed by atoms with Crippen molar-refractivity contribution in [3.05, 3.63) is 12.2 Å². The molecule has 19 heavy (non-hydrogen) atoms. The zero-order valence-electron chi connectivity index (χ0n) is 10.5. The number of hydrogen-bond donors (Lipinski definition) is 2. The summed E-state index contributed by atoms with van der Waals surface area (Å²) >= 11 is 0. The van der Waals surface area contributed by atoms with E-state index in [4.69, 9.17) is 0 Å². The fraction of sp³-hybridized carbons (Fsp3) is 0.583. The molecule has 0 aromatic carbocycles. The number of aliphatic carboxylic acids is 2. The van der Waals surface area contributed by atoms with E-state index in [-0.39, 0.29) is 0 Å². The Morgan fingerprint density at radius 3 is 2.16 bits per heavy atom. The fourth-order valence-corrected chi connectivity index (χ4v) is 3.13. The Hall–Kier alpha value is -2.05. The van der Waals surface area contributed by atoms with E-state index in [1.807, 2.05) is 0 Å². The molecule has 2 heterocycles. The molecule has 7 nitrogen and oxygen atoms in total. The summed E-state index contributed by atoms with van der Waals surface area (Å²) in [6.45, 7) is 1.70.